The predicted octanol–water partition coefficient (Wildman–Crippen LogP) is 3.50. The summed E-state index contributed by atoms with van der Waals surface area (Å²) in [6.45, 7) is 9.87. The second-order valence-corrected chi connectivity index (χ2v) is 11.0. The minimum Gasteiger partial charge on any atom is -0.504 e. The molecule has 0 saturated carbocycles. The molecule has 0 spiro atoms. The minimum absolute atomic E-state index is 0.0528. The summed E-state index contributed by atoms with van der Waals surface area (Å²) in [6.07, 6.45) is 3.21. The molecule has 1 aromatic carbocycles. The summed E-state index contributed by atoms with van der Waals surface area (Å²) < 4.78 is 0. The lowest BCUT2D eigenvalue weighted by Gasteiger charge is -2.39. The first-order valence-corrected chi connectivity index (χ1v) is 12.0. The zero-order chi connectivity index (χ0) is 24.9. The number of pyridine rings is 1. The largest absolute Gasteiger partial charge is 0.504 e. The Kier molecular flexibility index (Phi) is 5.97. The van der Waals surface area contributed by atoms with Crippen LogP contribution < -0.4 is 21.5 Å². The number of nitrogens with zero attached hydrogens (tertiary/aromatic N) is 3. The van der Waals surface area contributed by atoms with Crippen molar-refractivity contribution in [3.05, 3.63) is 54.0 Å². The Morgan fingerprint density at radius 1 is 1.26 bits per heavy atom. The molecule has 0 saturated heterocycles. The lowest BCUT2D eigenvalue weighted by Crippen LogP contribution is -2.41. The fourth-order valence-electron chi connectivity index (χ4n) is 4.14. The molecule has 10 heteroatoms. The third-order valence-corrected chi connectivity index (χ3v) is 7.61. The molecular formula is C24H29N5O4S. The summed E-state index contributed by atoms with van der Waals surface area (Å²) in [7, 11) is 1.62. The zero-order valence-electron chi connectivity index (χ0n) is 20.1. The molecule has 3 N–H and O–H groups in total. The monoisotopic (exact) mass is 483 g/mol. The first-order valence-electron chi connectivity index (χ1n) is 11.2. The minimum atomic E-state index is -0.686. The Morgan fingerprint density at radius 2 is 1.94 bits per heavy atom. The van der Waals surface area contributed by atoms with Gasteiger partial charge in [-0.25, -0.2) is 9.97 Å². The Balaban J connectivity index is 1.66. The lowest BCUT2D eigenvalue weighted by molar-refractivity contribution is 0.0746. The fourth-order valence-corrected chi connectivity index (χ4v) is 5.12. The Bertz CT molecular complexity index is 1340. The van der Waals surface area contributed by atoms with Gasteiger partial charge in [-0.3, -0.25) is 14.4 Å². The van der Waals surface area contributed by atoms with Crippen LogP contribution in [0.4, 0.5) is 17.1 Å². The quantitative estimate of drug-likeness (QED) is 0.455. The summed E-state index contributed by atoms with van der Waals surface area (Å²) in [5.41, 5.74) is -0.388. The maximum atomic E-state index is 12.7. The van der Waals surface area contributed by atoms with Crippen LogP contribution in [0.1, 0.15) is 66.2 Å². The van der Waals surface area contributed by atoms with Gasteiger partial charge in [0.05, 0.1) is 22.4 Å². The van der Waals surface area contributed by atoms with Crippen molar-refractivity contribution in [1.29, 1.82) is 0 Å². The molecule has 34 heavy (non-hydrogen) atoms. The molecule has 1 aliphatic carbocycles. The maximum Gasteiger partial charge on any atom is 0.276 e. The average molecular weight is 484 g/mol. The summed E-state index contributed by atoms with van der Waals surface area (Å²) in [4.78, 5) is 49.0. The first kappa shape index (κ1) is 23.9. The van der Waals surface area contributed by atoms with E-state index in [2.05, 4.69) is 29.5 Å². The van der Waals surface area contributed by atoms with Gasteiger partial charge in [-0.1, -0.05) is 13.8 Å². The fraction of sp³-hybridized carbons (Fsp3) is 0.458. The number of aromatic hydroxyl groups is 1. The number of carbonyl (C=O) groups is 1. The van der Waals surface area contributed by atoms with Gasteiger partial charge in [-0.2, -0.15) is 0 Å². The Hall–Kier alpha value is -3.27. The molecular weight excluding hydrogens is 454 g/mol. The van der Waals surface area contributed by atoms with E-state index in [4.69, 9.17) is 4.98 Å². The van der Waals surface area contributed by atoms with Gasteiger partial charge in [0, 0.05) is 24.2 Å². The molecule has 0 bridgehead atoms. The molecule has 0 aliphatic heterocycles. The summed E-state index contributed by atoms with van der Waals surface area (Å²) in [6, 6.07) is 1.12. The molecule has 1 aliphatic rings. The SMILES string of the molecule is Cc1nc2c(s1)CCC(C)(C)[C@H]2Nc1c(Nc2ccnc(C(=O)N(C)C(C)C)c2O)c(=O)c1=O. The van der Waals surface area contributed by atoms with Crippen molar-refractivity contribution in [2.24, 2.45) is 5.41 Å². The van der Waals surface area contributed by atoms with Crippen molar-refractivity contribution in [2.75, 3.05) is 17.7 Å². The van der Waals surface area contributed by atoms with Gasteiger partial charge in [0.1, 0.15) is 11.4 Å². The highest BCUT2D eigenvalue weighted by Gasteiger charge is 2.40. The van der Waals surface area contributed by atoms with Crippen molar-refractivity contribution in [1.82, 2.24) is 14.9 Å². The van der Waals surface area contributed by atoms with E-state index in [0.717, 1.165) is 23.5 Å². The van der Waals surface area contributed by atoms with Crippen molar-refractivity contribution < 1.29 is 9.90 Å². The molecule has 0 radical (unpaired) electrons. The van der Waals surface area contributed by atoms with Crippen LogP contribution in [-0.4, -0.2) is 39.0 Å². The zero-order valence-corrected chi connectivity index (χ0v) is 21.0. The number of thiazole rings is 1. The molecule has 9 nitrogen and oxygen atoms in total. The van der Waals surface area contributed by atoms with Crippen LogP contribution in [0.5, 0.6) is 5.75 Å². The van der Waals surface area contributed by atoms with Crippen LogP contribution >= 0.6 is 11.3 Å². The summed E-state index contributed by atoms with van der Waals surface area (Å²) in [5, 5.41) is 17.8. The molecule has 0 fully saturated rings. The molecule has 180 valence electrons. The number of rotatable bonds is 6. The molecule has 1 amide bonds. The summed E-state index contributed by atoms with van der Waals surface area (Å²) in [5.74, 6) is -0.829. The van der Waals surface area contributed by atoms with E-state index >= 15 is 0 Å². The highest BCUT2D eigenvalue weighted by Crippen LogP contribution is 2.47. The van der Waals surface area contributed by atoms with Gasteiger partial charge in [0.15, 0.2) is 11.4 Å². The molecule has 2 heterocycles. The van der Waals surface area contributed by atoms with E-state index in [9.17, 15) is 19.5 Å². The highest BCUT2D eigenvalue weighted by atomic mass is 32.1. The van der Waals surface area contributed by atoms with Gasteiger partial charge in [-0.05, 0) is 45.1 Å². The van der Waals surface area contributed by atoms with Gasteiger partial charge < -0.3 is 20.6 Å². The van der Waals surface area contributed by atoms with Crippen molar-refractivity contribution in [2.45, 2.75) is 59.5 Å². The molecule has 0 unspecified atom stereocenters. The molecule has 1 atom stereocenters. The predicted molar refractivity (Wildman–Crippen MR) is 133 cm³/mol. The van der Waals surface area contributed by atoms with E-state index in [1.807, 2.05) is 20.8 Å². The number of nitrogens with one attached hydrogen (secondary N) is 2. The third-order valence-electron chi connectivity index (χ3n) is 6.57. The first-order chi connectivity index (χ1) is 15.9. The third kappa shape index (κ3) is 3.96. The Labute approximate surface area is 201 Å². The molecule has 4 rings (SSSR count). The highest BCUT2D eigenvalue weighted by molar-refractivity contribution is 7.11. The van der Waals surface area contributed by atoms with Gasteiger partial charge in [0.25, 0.3) is 16.8 Å². The van der Waals surface area contributed by atoms with Crippen LogP contribution in [0.25, 0.3) is 0 Å². The van der Waals surface area contributed by atoms with Crippen LogP contribution in [0.15, 0.2) is 21.9 Å². The number of aryl methyl sites for hydroxylation is 2. The molecule has 3 aromatic rings. The smallest absolute Gasteiger partial charge is 0.276 e. The normalized spacial score (nSPS) is 17.0. The van der Waals surface area contributed by atoms with Gasteiger partial charge >= 0.3 is 0 Å². The van der Waals surface area contributed by atoms with Crippen molar-refractivity contribution >= 4 is 34.3 Å². The second kappa shape index (κ2) is 8.50. The van der Waals surface area contributed by atoms with E-state index < -0.39 is 16.8 Å². The number of anilines is 3. The topological polar surface area (TPSA) is 125 Å². The molecule has 2 aromatic heterocycles. The van der Waals surface area contributed by atoms with E-state index in [1.54, 1.807) is 18.4 Å². The number of amides is 1. The van der Waals surface area contributed by atoms with E-state index in [1.165, 1.54) is 22.0 Å². The van der Waals surface area contributed by atoms with Gasteiger partial charge in [0.2, 0.25) is 0 Å². The number of hydrogen-bond acceptors (Lipinski definition) is 9. The maximum absolute atomic E-state index is 12.7. The van der Waals surface area contributed by atoms with E-state index in [0.29, 0.717) is 0 Å². The van der Waals surface area contributed by atoms with Crippen LogP contribution in [-0.2, 0) is 6.42 Å². The van der Waals surface area contributed by atoms with Crippen LogP contribution in [0, 0.1) is 12.3 Å². The van der Waals surface area contributed by atoms with Gasteiger partial charge in [-0.15, -0.1) is 11.3 Å². The number of aromatic nitrogens is 2. The van der Waals surface area contributed by atoms with Crippen LogP contribution in [0.3, 0.4) is 0 Å². The van der Waals surface area contributed by atoms with Crippen molar-refractivity contribution in [3.63, 3.8) is 0 Å². The number of fused-ring (bicyclic) bond motifs is 1. The lowest BCUT2D eigenvalue weighted by atomic mass is 9.74. The van der Waals surface area contributed by atoms with Crippen LogP contribution in [0.2, 0.25) is 0 Å². The standard InChI is InChI=1S/C24H29N5O4S/c1-11(2)29(6)23(33)18-19(30)13(8-10-25-18)27-16-17(21(32)20(16)31)28-22-15-14(34-12(3)26-15)7-9-24(22,4)5/h8,10-11,22,28,30H,7,9H2,1-6H3,(H,25,27)/t22-/m0/s1. The summed E-state index contributed by atoms with van der Waals surface area (Å²) >= 11 is 1.65. The second-order valence-electron chi connectivity index (χ2n) is 9.71. The average Bonchev–Trinajstić information content (AvgIpc) is 3.17. The Morgan fingerprint density at radius 3 is 2.62 bits per heavy atom. The number of carbonyl (C=O) groups excluding carboxylic acids is 1. The number of hydrogen-bond donors (Lipinski definition) is 3. The van der Waals surface area contributed by atoms with Crippen molar-refractivity contribution in [3.8, 4) is 5.75 Å². The van der Waals surface area contributed by atoms with E-state index in [-0.39, 0.29) is 46.0 Å².